The van der Waals surface area contributed by atoms with Crippen molar-refractivity contribution in [1.29, 1.82) is 0 Å². The van der Waals surface area contributed by atoms with Gasteiger partial charge in [0.1, 0.15) is 11.2 Å². The van der Waals surface area contributed by atoms with E-state index in [1.54, 1.807) is 6.92 Å². The summed E-state index contributed by atoms with van der Waals surface area (Å²) in [5, 5.41) is 3.44. The van der Waals surface area contributed by atoms with Crippen LogP contribution < -0.4 is 4.84 Å². The second-order valence-electron chi connectivity index (χ2n) is 7.02. The molecule has 1 heterocycles. The number of unbranched alkanes of at least 4 members (excludes halogenated alkanes) is 1. The number of hydrogen-bond acceptors (Lipinski definition) is 4. The molecule has 3 rings (SSSR count). The first kappa shape index (κ1) is 20.1. The van der Waals surface area contributed by atoms with Crippen molar-refractivity contribution in [3.63, 3.8) is 0 Å². The molecule has 28 heavy (non-hydrogen) atoms. The van der Waals surface area contributed by atoms with Crippen LogP contribution in [0.15, 0.2) is 46.9 Å². The molecule has 0 bridgehead atoms. The van der Waals surface area contributed by atoms with Crippen molar-refractivity contribution in [3.05, 3.63) is 42.5 Å². The molecular formula is C23H29NO4. The van der Waals surface area contributed by atoms with Gasteiger partial charge in [0.25, 0.3) is 0 Å². The first-order valence-electron chi connectivity index (χ1n) is 10.2. The summed E-state index contributed by atoms with van der Waals surface area (Å²) in [5.74, 6) is 0.934. The summed E-state index contributed by atoms with van der Waals surface area (Å²) >= 11 is 0. The van der Waals surface area contributed by atoms with Gasteiger partial charge >= 0.3 is 6.09 Å². The fourth-order valence-electron chi connectivity index (χ4n) is 3.39. The Balaban J connectivity index is 1.82. The third kappa shape index (κ3) is 4.58. The van der Waals surface area contributed by atoms with E-state index in [0.717, 1.165) is 47.6 Å². The van der Waals surface area contributed by atoms with Gasteiger partial charge in [-0.1, -0.05) is 51.3 Å². The summed E-state index contributed by atoms with van der Waals surface area (Å²) in [4.78, 5) is 18.4. The van der Waals surface area contributed by atoms with Crippen LogP contribution in [0.2, 0.25) is 0 Å². The molecule has 0 spiro atoms. The fourth-order valence-corrected chi connectivity index (χ4v) is 3.39. The molecule has 2 aromatic carbocycles. The zero-order chi connectivity index (χ0) is 19.9. The summed E-state index contributed by atoms with van der Waals surface area (Å²) in [6, 6.07) is 13.6. The average Bonchev–Trinajstić information content (AvgIpc) is 3.08. The minimum Gasteiger partial charge on any atom is -0.456 e. The van der Waals surface area contributed by atoms with Gasteiger partial charge in [0.05, 0.1) is 13.2 Å². The Morgan fingerprint density at radius 2 is 1.86 bits per heavy atom. The van der Waals surface area contributed by atoms with E-state index in [0.29, 0.717) is 24.8 Å². The van der Waals surface area contributed by atoms with E-state index in [4.69, 9.17) is 14.0 Å². The number of benzene rings is 2. The summed E-state index contributed by atoms with van der Waals surface area (Å²) < 4.78 is 11.1. The van der Waals surface area contributed by atoms with Gasteiger partial charge in [0, 0.05) is 16.8 Å². The van der Waals surface area contributed by atoms with E-state index < -0.39 is 6.09 Å². The molecule has 5 heteroatoms. The predicted octanol–water partition coefficient (Wildman–Crippen LogP) is 6.55. The van der Waals surface area contributed by atoms with E-state index in [9.17, 15) is 4.79 Å². The summed E-state index contributed by atoms with van der Waals surface area (Å²) in [6.45, 7) is 6.94. The molecule has 0 aliphatic carbocycles. The van der Waals surface area contributed by atoms with E-state index >= 15 is 0 Å². The lowest BCUT2D eigenvalue weighted by Gasteiger charge is -2.25. The van der Waals surface area contributed by atoms with Gasteiger partial charge in [-0.2, -0.15) is 0 Å². The first-order chi connectivity index (χ1) is 13.7. The van der Waals surface area contributed by atoms with Gasteiger partial charge < -0.3 is 14.0 Å². The van der Waals surface area contributed by atoms with Crippen molar-refractivity contribution < 1.29 is 18.8 Å². The lowest BCUT2D eigenvalue weighted by molar-refractivity contribution is -0.0575. The van der Waals surface area contributed by atoms with Crippen LogP contribution in [0.5, 0.6) is 5.75 Å². The molecule has 0 aliphatic heterocycles. The molecule has 5 nitrogen and oxygen atoms in total. The van der Waals surface area contributed by atoms with Gasteiger partial charge in [-0.15, -0.1) is 5.06 Å². The molecule has 1 unspecified atom stereocenters. The number of amides is 1. The molecule has 1 aromatic heterocycles. The third-order valence-corrected chi connectivity index (χ3v) is 5.00. The number of carbonyl (C=O) groups is 1. The van der Waals surface area contributed by atoms with Crippen LogP contribution in [0.25, 0.3) is 21.9 Å². The van der Waals surface area contributed by atoms with E-state index in [1.165, 1.54) is 5.06 Å². The van der Waals surface area contributed by atoms with Crippen molar-refractivity contribution in [2.75, 3.05) is 13.2 Å². The van der Waals surface area contributed by atoms with Gasteiger partial charge in [-0.05, 0) is 37.5 Å². The largest absolute Gasteiger partial charge is 0.456 e. The van der Waals surface area contributed by atoms with E-state index in [2.05, 4.69) is 13.8 Å². The fraction of sp³-hybridized carbons (Fsp3) is 0.435. The lowest BCUT2D eigenvalue weighted by atomic mass is 9.99. The monoisotopic (exact) mass is 383 g/mol. The molecule has 0 saturated carbocycles. The van der Waals surface area contributed by atoms with Gasteiger partial charge in [0.2, 0.25) is 0 Å². The highest BCUT2D eigenvalue weighted by molar-refractivity contribution is 6.05. The van der Waals surface area contributed by atoms with Crippen LogP contribution in [0.3, 0.4) is 0 Å². The van der Waals surface area contributed by atoms with Crippen molar-refractivity contribution in [1.82, 2.24) is 5.06 Å². The number of para-hydroxylation sites is 1. The lowest BCUT2D eigenvalue weighted by Crippen LogP contribution is -2.38. The minimum atomic E-state index is -0.456. The number of hydroxylamine groups is 2. The van der Waals surface area contributed by atoms with Crippen molar-refractivity contribution in [2.45, 2.75) is 46.5 Å². The Morgan fingerprint density at radius 3 is 2.61 bits per heavy atom. The molecular weight excluding hydrogens is 354 g/mol. The Hall–Kier alpha value is -2.69. The van der Waals surface area contributed by atoms with Crippen LogP contribution in [-0.4, -0.2) is 24.3 Å². The molecule has 0 N–H and O–H groups in total. The molecule has 0 radical (unpaired) electrons. The van der Waals surface area contributed by atoms with Crippen molar-refractivity contribution >= 4 is 28.0 Å². The number of hydrogen-bond donors (Lipinski definition) is 0. The standard InChI is InChI=1S/C23H29NO4/c1-4-7-10-17(5-2)16-24(23(25)26-6-3)28-18-13-14-20-19-11-8-9-12-21(19)27-22(20)15-18/h8-9,11-15,17H,4-7,10,16H2,1-3H3. The molecule has 0 aliphatic rings. The Morgan fingerprint density at radius 1 is 1.07 bits per heavy atom. The predicted molar refractivity (Wildman–Crippen MR) is 111 cm³/mol. The van der Waals surface area contributed by atoms with Crippen LogP contribution >= 0.6 is 0 Å². The number of furan rings is 1. The molecule has 1 atom stereocenters. The maximum Gasteiger partial charge on any atom is 0.443 e. The minimum absolute atomic E-state index is 0.313. The SMILES string of the molecule is CCCCC(CC)CN(Oc1ccc2c(c1)oc1ccccc12)C(=O)OCC. The second kappa shape index (κ2) is 9.49. The average molecular weight is 383 g/mol. The van der Waals surface area contributed by atoms with E-state index in [-0.39, 0.29) is 0 Å². The quantitative estimate of drug-likeness (QED) is 0.393. The van der Waals surface area contributed by atoms with E-state index in [1.807, 2.05) is 42.5 Å². The van der Waals surface area contributed by atoms with Crippen molar-refractivity contribution in [2.24, 2.45) is 5.92 Å². The highest BCUT2D eigenvalue weighted by atomic mass is 16.7. The Kier molecular flexibility index (Phi) is 6.80. The van der Waals surface area contributed by atoms with Crippen LogP contribution in [0, 0.1) is 5.92 Å². The number of nitrogens with zero attached hydrogens (tertiary/aromatic N) is 1. The smallest absolute Gasteiger partial charge is 0.443 e. The number of ether oxygens (including phenoxy) is 1. The third-order valence-electron chi connectivity index (χ3n) is 5.00. The first-order valence-corrected chi connectivity index (χ1v) is 10.2. The summed E-state index contributed by atoms with van der Waals surface area (Å²) in [5.41, 5.74) is 1.57. The van der Waals surface area contributed by atoms with Gasteiger partial charge in [-0.25, -0.2) is 4.79 Å². The molecule has 0 saturated heterocycles. The normalized spacial score (nSPS) is 12.2. The van der Waals surface area contributed by atoms with Crippen LogP contribution in [-0.2, 0) is 4.74 Å². The highest BCUT2D eigenvalue weighted by Crippen LogP contribution is 2.31. The molecule has 3 aromatic rings. The number of fused-ring (bicyclic) bond motifs is 3. The topological polar surface area (TPSA) is 51.9 Å². The maximum atomic E-state index is 12.4. The highest BCUT2D eigenvalue weighted by Gasteiger charge is 2.22. The Labute approximate surface area is 166 Å². The summed E-state index contributed by atoms with van der Waals surface area (Å²) in [6.07, 6.45) is 3.87. The Bertz CT molecular complexity index is 917. The molecule has 150 valence electrons. The van der Waals surface area contributed by atoms with Crippen LogP contribution in [0.1, 0.15) is 46.5 Å². The van der Waals surface area contributed by atoms with Crippen molar-refractivity contribution in [3.8, 4) is 5.75 Å². The maximum absolute atomic E-state index is 12.4. The van der Waals surface area contributed by atoms with Gasteiger partial charge in [0.15, 0.2) is 5.75 Å². The molecule has 1 amide bonds. The van der Waals surface area contributed by atoms with Gasteiger partial charge in [-0.3, -0.25) is 0 Å². The zero-order valence-electron chi connectivity index (χ0n) is 16.9. The second-order valence-corrected chi connectivity index (χ2v) is 7.02. The van der Waals surface area contributed by atoms with Crippen LogP contribution in [0.4, 0.5) is 4.79 Å². The number of carbonyl (C=O) groups excluding carboxylic acids is 1. The zero-order valence-corrected chi connectivity index (χ0v) is 16.9. The summed E-state index contributed by atoms with van der Waals surface area (Å²) in [7, 11) is 0. The number of rotatable bonds is 9. The molecule has 0 fully saturated rings.